The molecule has 1 nitrogen and oxygen atoms in total. The van der Waals surface area contributed by atoms with Crippen LogP contribution in [0.4, 0.5) is 4.39 Å². The minimum Gasteiger partial charge on any atom is -0.325 e. The second-order valence-electron chi connectivity index (χ2n) is 4.47. The van der Waals surface area contributed by atoms with Crippen molar-refractivity contribution in [2.75, 3.05) is 0 Å². The number of halogens is 1. The van der Waals surface area contributed by atoms with Crippen molar-refractivity contribution in [2.45, 2.75) is 32.7 Å². The molecule has 2 N–H and O–H groups in total. The predicted molar refractivity (Wildman–Crippen MR) is 57.5 cm³/mol. The van der Waals surface area contributed by atoms with E-state index in [0.717, 1.165) is 5.56 Å². The fourth-order valence-electron chi connectivity index (χ4n) is 1.29. The van der Waals surface area contributed by atoms with Crippen molar-refractivity contribution >= 4 is 0 Å². The first kappa shape index (κ1) is 11.2. The molecule has 1 atom stereocenters. The summed E-state index contributed by atoms with van der Waals surface area (Å²) in [4.78, 5) is 0. The monoisotopic (exact) mass is 195 g/mol. The van der Waals surface area contributed by atoms with Crippen molar-refractivity contribution in [3.63, 3.8) is 0 Å². The molecule has 1 unspecified atom stereocenters. The van der Waals surface area contributed by atoms with Crippen LogP contribution in [0.15, 0.2) is 24.3 Å². The van der Waals surface area contributed by atoms with E-state index < -0.39 is 0 Å². The predicted octanol–water partition coefficient (Wildman–Crippen LogP) is 2.74. The van der Waals surface area contributed by atoms with Gasteiger partial charge in [0.05, 0.1) is 0 Å². The fraction of sp³-hybridized carbons (Fsp3) is 0.500. The van der Waals surface area contributed by atoms with E-state index in [2.05, 4.69) is 13.8 Å². The van der Waals surface area contributed by atoms with Gasteiger partial charge in [0.25, 0.3) is 0 Å². The van der Waals surface area contributed by atoms with Crippen LogP contribution in [0.1, 0.15) is 26.3 Å². The first-order chi connectivity index (χ1) is 6.42. The third-order valence-corrected chi connectivity index (χ3v) is 2.79. The Hall–Kier alpha value is -0.890. The molecular formula is C12H18FN. The second-order valence-corrected chi connectivity index (χ2v) is 4.47. The van der Waals surface area contributed by atoms with Crippen molar-refractivity contribution in [1.29, 1.82) is 0 Å². The first-order valence-corrected chi connectivity index (χ1v) is 4.95. The number of hydrogen-bond acceptors (Lipinski definition) is 1. The van der Waals surface area contributed by atoms with Gasteiger partial charge in [-0.3, -0.25) is 0 Å². The van der Waals surface area contributed by atoms with Gasteiger partial charge in [0.2, 0.25) is 0 Å². The van der Waals surface area contributed by atoms with Gasteiger partial charge in [-0.1, -0.05) is 26.0 Å². The molecule has 0 spiro atoms. The number of nitrogens with two attached hydrogens (primary N) is 1. The average molecular weight is 195 g/mol. The van der Waals surface area contributed by atoms with Gasteiger partial charge in [-0.25, -0.2) is 4.39 Å². The Bertz CT molecular complexity index is 305. The average Bonchev–Trinajstić information content (AvgIpc) is 2.02. The van der Waals surface area contributed by atoms with Gasteiger partial charge in [-0.05, 0) is 37.0 Å². The van der Waals surface area contributed by atoms with Crippen LogP contribution < -0.4 is 5.73 Å². The molecule has 0 amide bonds. The molecule has 1 aromatic rings. The summed E-state index contributed by atoms with van der Waals surface area (Å²) in [6, 6.07) is 6.64. The van der Waals surface area contributed by atoms with Gasteiger partial charge >= 0.3 is 0 Å². The van der Waals surface area contributed by atoms with E-state index in [1.807, 2.05) is 13.0 Å². The smallest absolute Gasteiger partial charge is 0.123 e. The lowest BCUT2D eigenvalue weighted by molar-refractivity contribution is 0.337. The summed E-state index contributed by atoms with van der Waals surface area (Å²) >= 11 is 0. The van der Waals surface area contributed by atoms with Crippen molar-refractivity contribution in [1.82, 2.24) is 0 Å². The lowest BCUT2D eigenvalue weighted by Gasteiger charge is -2.29. The molecule has 2 heteroatoms. The van der Waals surface area contributed by atoms with Gasteiger partial charge < -0.3 is 5.73 Å². The molecule has 0 radical (unpaired) electrons. The van der Waals surface area contributed by atoms with E-state index >= 15 is 0 Å². The summed E-state index contributed by atoms with van der Waals surface area (Å²) in [7, 11) is 0. The molecule has 0 saturated carbocycles. The molecule has 0 aromatic heterocycles. The van der Waals surface area contributed by atoms with Crippen LogP contribution in [-0.4, -0.2) is 5.54 Å². The van der Waals surface area contributed by atoms with Gasteiger partial charge in [0.15, 0.2) is 0 Å². The summed E-state index contributed by atoms with van der Waals surface area (Å²) in [6.45, 7) is 6.17. The van der Waals surface area contributed by atoms with Crippen LogP contribution >= 0.6 is 0 Å². The highest BCUT2D eigenvalue weighted by Crippen LogP contribution is 2.19. The summed E-state index contributed by atoms with van der Waals surface area (Å²) in [5.74, 6) is 0.188. The molecule has 0 saturated heterocycles. The number of benzene rings is 1. The molecule has 1 aromatic carbocycles. The quantitative estimate of drug-likeness (QED) is 0.788. The van der Waals surface area contributed by atoms with E-state index in [1.165, 1.54) is 6.07 Å². The SMILES string of the molecule is CC(C)C(C)(N)Cc1cccc(F)c1. The third-order valence-electron chi connectivity index (χ3n) is 2.79. The van der Waals surface area contributed by atoms with Crippen molar-refractivity contribution < 1.29 is 4.39 Å². The summed E-state index contributed by atoms with van der Waals surface area (Å²) < 4.78 is 12.9. The molecule has 0 bridgehead atoms. The van der Waals surface area contributed by atoms with Gasteiger partial charge in [-0.15, -0.1) is 0 Å². The topological polar surface area (TPSA) is 26.0 Å². The maximum Gasteiger partial charge on any atom is 0.123 e. The lowest BCUT2D eigenvalue weighted by atomic mass is 9.84. The normalized spacial score (nSPS) is 15.6. The number of rotatable bonds is 3. The summed E-state index contributed by atoms with van der Waals surface area (Å²) in [5.41, 5.74) is 6.81. The minimum atomic E-state index is -0.270. The van der Waals surface area contributed by atoms with E-state index in [0.29, 0.717) is 12.3 Å². The lowest BCUT2D eigenvalue weighted by Crippen LogP contribution is -2.43. The largest absolute Gasteiger partial charge is 0.325 e. The Kier molecular flexibility index (Phi) is 3.27. The second kappa shape index (κ2) is 4.09. The van der Waals surface area contributed by atoms with E-state index in [4.69, 9.17) is 5.73 Å². The van der Waals surface area contributed by atoms with E-state index in [9.17, 15) is 4.39 Å². The van der Waals surface area contributed by atoms with Crippen LogP contribution in [0.25, 0.3) is 0 Å². The molecule has 0 heterocycles. The van der Waals surface area contributed by atoms with Crippen LogP contribution in [0, 0.1) is 11.7 Å². The fourth-order valence-corrected chi connectivity index (χ4v) is 1.29. The molecule has 0 aliphatic carbocycles. The molecule has 0 fully saturated rings. The Labute approximate surface area is 85.1 Å². The number of hydrogen-bond donors (Lipinski definition) is 1. The zero-order valence-corrected chi connectivity index (χ0v) is 9.05. The Morgan fingerprint density at radius 2 is 2.07 bits per heavy atom. The van der Waals surface area contributed by atoms with E-state index in [-0.39, 0.29) is 11.4 Å². The zero-order chi connectivity index (χ0) is 10.8. The van der Waals surface area contributed by atoms with Gasteiger partial charge in [-0.2, -0.15) is 0 Å². The van der Waals surface area contributed by atoms with Crippen LogP contribution in [0.5, 0.6) is 0 Å². The third kappa shape index (κ3) is 2.81. The molecular weight excluding hydrogens is 177 g/mol. The van der Waals surface area contributed by atoms with Crippen LogP contribution in [0.3, 0.4) is 0 Å². The van der Waals surface area contributed by atoms with Crippen LogP contribution in [0.2, 0.25) is 0 Å². The highest BCUT2D eigenvalue weighted by Gasteiger charge is 2.23. The maximum atomic E-state index is 12.9. The molecule has 14 heavy (non-hydrogen) atoms. The van der Waals surface area contributed by atoms with Crippen molar-refractivity contribution in [2.24, 2.45) is 11.7 Å². The first-order valence-electron chi connectivity index (χ1n) is 4.95. The van der Waals surface area contributed by atoms with Crippen molar-refractivity contribution in [3.05, 3.63) is 35.6 Å². The zero-order valence-electron chi connectivity index (χ0n) is 9.05. The Morgan fingerprint density at radius 3 is 2.57 bits per heavy atom. The van der Waals surface area contributed by atoms with Crippen molar-refractivity contribution in [3.8, 4) is 0 Å². The highest BCUT2D eigenvalue weighted by molar-refractivity contribution is 5.18. The summed E-state index contributed by atoms with van der Waals surface area (Å²) in [6.07, 6.45) is 0.711. The molecule has 0 aliphatic heterocycles. The Morgan fingerprint density at radius 1 is 1.43 bits per heavy atom. The summed E-state index contributed by atoms with van der Waals surface area (Å²) in [5, 5.41) is 0. The maximum absolute atomic E-state index is 12.9. The standard InChI is InChI=1S/C12H18FN/c1-9(2)12(3,14)8-10-5-4-6-11(13)7-10/h4-7,9H,8,14H2,1-3H3. The van der Waals surface area contributed by atoms with Gasteiger partial charge in [0, 0.05) is 5.54 Å². The Balaban J connectivity index is 2.78. The van der Waals surface area contributed by atoms with Crippen LogP contribution in [-0.2, 0) is 6.42 Å². The molecule has 78 valence electrons. The molecule has 0 aliphatic rings. The van der Waals surface area contributed by atoms with Gasteiger partial charge in [0.1, 0.15) is 5.82 Å². The molecule has 1 rings (SSSR count). The highest BCUT2D eigenvalue weighted by atomic mass is 19.1. The van der Waals surface area contributed by atoms with E-state index in [1.54, 1.807) is 12.1 Å². The minimum absolute atomic E-state index is 0.193.